The van der Waals surface area contributed by atoms with Crippen LogP contribution in [-0.2, 0) is 0 Å². The molecule has 0 radical (unpaired) electrons. The molecule has 0 amide bonds. The molecule has 0 N–H and O–H groups in total. The van der Waals surface area contributed by atoms with E-state index >= 15 is 0 Å². The third-order valence-electron chi connectivity index (χ3n) is 4.90. The van der Waals surface area contributed by atoms with Crippen LogP contribution in [0.2, 0.25) is 0 Å². The highest BCUT2D eigenvalue weighted by molar-refractivity contribution is 5.81. The number of benzene rings is 3. The monoisotopic (exact) mass is 376 g/mol. The molecule has 29 heavy (non-hydrogen) atoms. The largest absolute Gasteiger partial charge is 0.240 e. The summed E-state index contributed by atoms with van der Waals surface area (Å²) in [5.74, 6) is 0. The molecule has 0 saturated carbocycles. The fourth-order valence-electron chi connectivity index (χ4n) is 3.24. The molecule has 0 fully saturated rings. The van der Waals surface area contributed by atoms with Gasteiger partial charge in [-0.15, -0.1) is 0 Å². The maximum Gasteiger partial charge on any atom is 0.0790 e. The molecule has 0 aliphatic carbocycles. The minimum absolute atomic E-state index is 1.07. The highest BCUT2D eigenvalue weighted by Crippen LogP contribution is 2.24. The number of nitrogens with zero attached hydrogens (tertiary/aromatic N) is 2. The smallest absolute Gasteiger partial charge is 0.0790 e. The van der Waals surface area contributed by atoms with Crippen molar-refractivity contribution in [2.45, 2.75) is 13.8 Å². The first-order valence-corrected chi connectivity index (χ1v) is 9.81. The van der Waals surface area contributed by atoms with Gasteiger partial charge in [-0.1, -0.05) is 102 Å². The Morgan fingerprint density at radius 1 is 0.621 bits per heavy atom. The minimum Gasteiger partial charge on any atom is -0.240 e. The van der Waals surface area contributed by atoms with Crippen LogP contribution in [0.3, 0.4) is 0 Å². The molecule has 0 atom stereocenters. The highest BCUT2D eigenvalue weighted by atomic mass is 15.3. The summed E-state index contributed by atoms with van der Waals surface area (Å²) in [6.07, 6.45) is 12.4. The number of para-hydroxylation sites is 1. The van der Waals surface area contributed by atoms with E-state index in [4.69, 9.17) is 0 Å². The average molecular weight is 377 g/mol. The van der Waals surface area contributed by atoms with Crippen molar-refractivity contribution in [3.05, 3.63) is 119 Å². The fourth-order valence-corrected chi connectivity index (χ4v) is 3.24. The lowest BCUT2D eigenvalue weighted by molar-refractivity contribution is 0.876. The van der Waals surface area contributed by atoms with Crippen LogP contribution in [0.5, 0.6) is 0 Å². The molecular weight excluding hydrogens is 352 g/mol. The number of hydrogen-bond donors (Lipinski definition) is 0. The zero-order valence-electron chi connectivity index (χ0n) is 16.8. The molecule has 0 unspecified atom stereocenters. The Morgan fingerprint density at radius 2 is 1.14 bits per heavy atom. The van der Waals surface area contributed by atoms with E-state index in [-0.39, 0.29) is 0 Å². The molecule has 0 bridgehead atoms. The van der Waals surface area contributed by atoms with E-state index in [1.807, 2.05) is 23.1 Å². The predicted octanol–water partition coefficient (Wildman–Crippen LogP) is 6.83. The fraction of sp³-hybridized carbons (Fsp3) is 0.0741. The zero-order valence-corrected chi connectivity index (χ0v) is 16.8. The average Bonchev–Trinajstić information content (AvgIpc) is 3.27. The summed E-state index contributed by atoms with van der Waals surface area (Å²) >= 11 is 0. The van der Waals surface area contributed by atoms with Crippen LogP contribution in [0.15, 0.2) is 85.2 Å². The molecule has 0 spiro atoms. The molecule has 2 heteroatoms. The first-order chi connectivity index (χ1) is 14.2. The van der Waals surface area contributed by atoms with Gasteiger partial charge in [0.25, 0.3) is 0 Å². The lowest BCUT2D eigenvalue weighted by atomic mass is 10.0. The Morgan fingerprint density at radius 3 is 1.59 bits per heavy atom. The topological polar surface area (TPSA) is 17.8 Å². The Hall–Kier alpha value is -3.65. The van der Waals surface area contributed by atoms with Crippen molar-refractivity contribution in [1.82, 2.24) is 9.78 Å². The first-order valence-electron chi connectivity index (χ1n) is 9.81. The number of aromatic nitrogens is 2. The van der Waals surface area contributed by atoms with Gasteiger partial charge in [0.15, 0.2) is 0 Å². The quantitative estimate of drug-likeness (QED) is 0.349. The summed E-state index contributed by atoms with van der Waals surface area (Å²) < 4.78 is 1.93. The lowest BCUT2D eigenvalue weighted by Crippen LogP contribution is -2.00. The van der Waals surface area contributed by atoms with Crippen LogP contribution in [0.25, 0.3) is 30.0 Å². The van der Waals surface area contributed by atoms with E-state index in [1.165, 1.54) is 22.3 Å². The summed E-state index contributed by atoms with van der Waals surface area (Å²) in [5, 5.41) is 4.49. The van der Waals surface area contributed by atoms with Crippen LogP contribution >= 0.6 is 0 Å². The van der Waals surface area contributed by atoms with Crippen molar-refractivity contribution in [3.63, 3.8) is 0 Å². The molecule has 0 aliphatic rings. The Labute approximate surface area is 172 Å². The van der Waals surface area contributed by atoms with Gasteiger partial charge in [-0.3, -0.25) is 0 Å². The molecule has 3 aromatic carbocycles. The van der Waals surface area contributed by atoms with Crippen molar-refractivity contribution in [2.75, 3.05) is 0 Å². The first kappa shape index (κ1) is 18.7. The van der Waals surface area contributed by atoms with Crippen LogP contribution in [0.1, 0.15) is 33.4 Å². The maximum atomic E-state index is 4.49. The predicted molar refractivity (Wildman–Crippen MR) is 124 cm³/mol. The van der Waals surface area contributed by atoms with Gasteiger partial charge in [0, 0.05) is 23.5 Å². The van der Waals surface area contributed by atoms with Crippen molar-refractivity contribution in [1.29, 1.82) is 0 Å². The van der Waals surface area contributed by atoms with Gasteiger partial charge in [-0.25, -0.2) is 4.68 Å². The Kier molecular flexibility index (Phi) is 5.53. The van der Waals surface area contributed by atoms with E-state index in [9.17, 15) is 0 Å². The number of aryl methyl sites for hydroxylation is 2. The number of rotatable bonds is 5. The molecule has 2 nitrogen and oxygen atoms in total. The van der Waals surface area contributed by atoms with Crippen molar-refractivity contribution >= 4 is 24.3 Å². The summed E-state index contributed by atoms with van der Waals surface area (Å²) in [4.78, 5) is 0. The van der Waals surface area contributed by atoms with Gasteiger partial charge in [0.1, 0.15) is 0 Å². The summed E-state index contributed by atoms with van der Waals surface area (Å²) in [6.45, 7) is 4.21. The molecule has 4 rings (SSSR count). The van der Waals surface area contributed by atoms with E-state index < -0.39 is 0 Å². The molecule has 0 saturated heterocycles. The molecular formula is C27H24N2. The van der Waals surface area contributed by atoms with E-state index in [0.29, 0.717) is 0 Å². The highest BCUT2D eigenvalue weighted by Gasteiger charge is 2.07. The standard InChI is InChI=1S/C27H24N2/c1-21-7-11-23(12-8-21)15-17-25-5-3-6-26(27(25)29-20-4-19-28-29)18-16-24-13-9-22(2)10-14-24/h3-20H,1-2H3/b17-15+,18-16+. The van der Waals surface area contributed by atoms with Gasteiger partial charge >= 0.3 is 0 Å². The normalized spacial score (nSPS) is 11.5. The van der Waals surface area contributed by atoms with Crippen molar-refractivity contribution in [3.8, 4) is 5.69 Å². The van der Waals surface area contributed by atoms with Crippen LogP contribution in [-0.4, -0.2) is 9.78 Å². The molecule has 1 aromatic heterocycles. The van der Waals surface area contributed by atoms with Gasteiger partial charge in [0.2, 0.25) is 0 Å². The van der Waals surface area contributed by atoms with Gasteiger partial charge in [-0.05, 0) is 31.0 Å². The van der Waals surface area contributed by atoms with Gasteiger partial charge in [-0.2, -0.15) is 5.10 Å². The second-order valence-corrected chi connectivity index (χ2v) is 7.22. The minimum atomic E-state index is 1.07. The summed E-state index contributed by atoms with van der Waals surface area (Å²) in [7, 11) is 0. The zero-order chi connectivity index (χ0) is 20.1. The second kappa shape index (κ2) is 8.57. The Balaban J connectivity index is 1.73. The SMILES string of the molecule is Cc1ccc(/C=C/c2cccc(/C=C/c3ccc(C)cc3)c2-n2cccn2)cc1. The van der Waals surface area contributed by atoms with Gasteiger partial charge < -0.3 is 0 Å². The molecule has 1 heterocycles. The van der Waals surface area contributed by atoms with Crippen LogP contribution < -0.4 is 0 Å². The summed E-state index contributed by atoms with van der Waals surface area (Å²) in [5.41, 5.74) is 8.22. The number of hydrogen-bond acceptors (Lipinski definition) is 1. The third-order valence-corrected chi connectivity index (χ3v) is 4.90. The lowest BCUT2D eigenvalue weighted by Gasteiger charge is -2.11. The second-order valence-electron chi connectivity index (χ2n) is 7.22. The van der Waals surface area contributed by atoms with E-state index in [2.05, 4.69) is 110 Å². The molecule has 142 valence electrons. The molecule has 0 aliphatic heterocycles. The third kappa shape index (κ3) is 4.61. The summed E-state index contributed by atoms with van der Waals surface area (Å²) in [6, 6.07) is 25.4. The Bertz CT molecular complexity index is 1060. The van der Waals surface area contributed by atoms with Gasteiger partial charge in [0.05, 0.1) is 5.69 Å². The van der Waals surface area contributed by atoms with Crippen molar-refractivity contribution in [2.24, 2.45) is 0 Å². The maximum absolute atomic E-state index is 4.49. The van der Waals surface area contributed by atoms with Crippen LogP contribution in [0, 0.1) is 13.8 Å². The van der Waals surface area contributed by atoms with Crippen molar-refractivity contribution < 1.29 is 0 Å². The van der Waals surface area contributed by atoms with E-state index in [0.717, 1.165) is 16.8 Å². The van der Waals surface area contributed by atoms with Crippen LogP contribution in [0.4, 0.5) is 0 Å². The van der Waals surface area contributed by atoms with E-state index in [1.54, 1.807) is 0 Å². The molecule has 4 aromatic rings.